The first kappa shape index (κ1) is 15.3. The summed E-state index contributed by atoms with van der Waals surface area (Å²) in [6.07, 6.45) is 6.86. The van der Waals surface area contributed by atoms with Gasteiger partial charge in [-0.05, 0) is 30.5 Å². The highest BCUT2D eigenvalue weighted by atomic mass is 16.5. The number of hydrogen-bond donors (Lipinski definition) is 2. The fourth-order valence-electron chi connectivity index (χ4n) is 3.90. The van der Waals surface area contributed by atoms with Gasteiger partial charge in [0.2, 0.25) is 5.82 Å². The van der Waals surface area contributed by atoms with Gasteiger partial charge in [0.05, 0.1) is 23.8 Å². The zero-order chi connectivity index (χ0) is 16.4. The van der Waals surface area contributed by atoms with Crippen molar-refractivity contribution in [2.45, 2.75) is 50.2 Å². The number of hydrogen-bond acceptors (Lipinski definition) is 5. The van der Waals surface area contributed by atoms with Crippen molar-refractivity contribution in [3.8, 4) is 11.4 Å². The third-order valence-electron chi connectivity index (χ3n) is 5.07. The first-order valence-corrected chi connectivity index (χ1v) is 8.53. The standard InChI is InChI=1S/C17H21N5O2/c23-16(14-7-3-2-6-13(14)15-19-21-22-20-15)18-12-10-17(24-11-12)8-4-1-5-9-17/h2-3,6-7,12H,1,4-5,8-11H2,(H,18,23)(H,19,20,21,22)/t12-/m0/s1. The summed E-state index contributed by atoms with van der Waals surface area (Å²) in [6, 6.07) is 7.37. The summed E-state index contributed by atoms with van der Waals surface area (Å²) in [6.45, 7) is 0.593. The van der Waals surface area contributed by atoms with Crippen LogP contribution in [0.3, 0.4) is 0 Å². The second-order valence-corrected chi connectivity index (χ2v) is 6.71. The zero-order valence-electron chi connectivity index (χ0n) is 13.5. The number of nitrogens with one attached hydrogen (secondary N) is 2. The summed E-state index contributed by atoms with van der Waals surface area (Å²) < 4.78 is 6.08. The molecule has 0 unspecified atom stereocenters. The lowest BCUT2D eigenvalue weighted by Crippen LogP contribution is -2.37. The number of rotatable bonds is 3. The molecule has 4 rings (SSSR count). The van der Waals surface area contributed by atoms with Crippen molar-refractivity contribution >= 4 is 5.91 Å². The first-order chi connectivity index (χ1) is 11.8. The van der Waals surface area contributed by atoms with E-state index in [2.05, 4.69) is 25.9 Å². The number of aromatic nitrogens is 4. The van der Waals surface area contributed by atoms with Gasteiger partial charge in [-0.25, -0.2) is 0 Å². The van der Waals surface area contributed by atoms with Crippen LogP contribution in [0.25, 0.3) is 11.4 Å². The summed E-state index contributed by atoms with van der Waals surface area (Å²) in [5.74, 6) is 0.309. The Morgan fingerprint density at radius 2 is 2.08 bits per heavy atom. The molecule has 1 aliphatic carbocycles. The molecule has 1 amide bonds. The van der Waals surface area contributed by atoms with E-state index in [-0.39, 0.29) is 17.6 Å². The second-order valence-electron chi connectivity index (χ2n) is 6.71. The van der Waals surface area contributed by atoms with Crippen LogP contribution in [0.15, 0.2) is 24.3 Å². The van der Waals surface area contributed by atoms with E-state index < -0.39 is 0 Å². The van der Waals surface area contributed by atoms with E-state index in [1.165, 1.54) is 19.3 Å². The zero-order valence-corrected chi connectivity index (χ0v) is 13.5. The molecule has 1 saturated carbocycles. The van der Waals surface area contributed by atoms with Crippen molar-refractivity contribution < 1.29 is 9.53 Å². The third kappa shape index (κ3) is 2.91. The van der Waals surface area contributed by atoms with Crippen LogP contribution in [0.1, 0.15) is 48.9 Å². The van der Waals surface area contributed by atoms with Crippen LogP contribution in [0.4, 0.5) is 0 Å². The predicted molar refractivity (Wildman–Crippen MR) is 87.3 cm³/mol. The molecule has 0 bridgehead atoms. The van der Waals surface area contributed by atoms with Gasteiger partial charge in [0.25, 0.3) is 5.91 Å². The number of nitrogens with zero attached hydrogens (tertiary/aromatic N) is 3. The molecular weight excluding hydrogens is 306 g/mol. The van der Waals surface area contributed by atoms with Crippen LogP contribution >= 0.6 is 0 Å². The lowest BCUT2D eigenvalue weighted by Gasteiger charge is -2.32. The fourth-order valence-corrected chi connectivity index (χ4v) is 3.90. The minimum absolute atomic E-state index is 0.0105. The Labute approximate surface area is 140 Å². The minimum atomic E-state index is -0.114. The van der Waals surface area contributed by atoms with Gasteiger partial charge in [-0.15, -0.1) is 10.2 Å². The van der Waals surface area contributed by atoms with E-state index in [0.717, 1.165) is 19.3 Å². The molecule has 0 radical (unpaired) electrons. The summed E-state index contributed by atoms with van der Waals surface area (Å²) in [4.78, 5) is 12.7. The topological polar surface area (TPSA) is 92.8 Å². The van der Waals surface area contributed by atoms with Gasteiger partial charge < -0.3 is 10.1 Å². The Hall–Kier alpha value is -2.28. The summed E-state index contributed by atoms with van der Waals surface area (Å²) in [7, 11) is 0. The van der Waals surface area contributed by atoms with Crippen LogP contribution in [-0.2, 0) is 4.74 Å². The lowest BCUT2D eigenvalue weighted by molar-refractivity contribution is -0.0246. The molecule has 2 fully saturated rings. The van der Waals surface area contributed by atoms with Crippen molar-refractivity contribution in [2.75, 3.05) is 6.61 Å². The quantitative estimate of drug-likeness (QED) is 0.900. The Kier molecular flexibility index (Phi) is 4.02. The van der Waals surface area contributed by atoms with E-state index in [0.29, 0.717) is 23.6 Å². The molecular formula is C17H21N5O2. The van der Waals surface area contributed by atoms with Gasteiger partial charge in [0.15, 0.2) is 0 Å². The molecule has 1 atom stereocenters. The molecule has 2 aromatic rings. The molecule has 7 heteroatoms. The Morgan fingerprint density at radius 1 is 1.25 bits per heavy atom. The van der Waals surface area contributed by atoms with Crippen molar-refractivity contribution in [2.24, 2.45) is 0 Å². The second kappa shape index (κ2) is 6.32. The minimum Gasteiger partial charge on any atom is -0.373 e. The van der Waals surface area contributed by atoms with Gasteiger partial charge in [-0.2, -0.15) is 5.21 Å². The summed E-state index contributed by atoms with van der Waals surface area (Å²) >= 11 is 0. The average molecular weight is 327 g/mol. The maximum absolute atomic E-state index is 12.7. The molecule has 1 aromatic carbocycles. The number of benzene rings is 1. The van der Waals surface area contributed by atoms with Crippen LogP contribution in [0.2, 0.25) is 0 Å². The van der Waals surface area contributed by atoms with E-state index >= 15 is 0 Å². The smallest absolute Gasteiger partial charge is 0.252 e. The van der Waals surface area contributed by atoms with Gasteiger partial charge in [0, 0.05) is 5.56 Å². The van der Waals surface area contributed by atoms with E-state index in [4.69, 9.17) is 4.74 Å². The van der Waals surface area contributed by atoms with Crippen molar-refractivity contribution in [3.05, 3.63) is 29.8 Å². The van der Waals surface area contributed by atoms with Crippen LogP contribution in [0.5, 0.6) is 0 Å². The van der Waals surface area contributed by atoms with Crippen molar-refractivity contribution in [3.63, 3.8) is 0 Å². The first-order valence-electron chi connectivity index (χ1n) is 8.53. The Bertz CT molecular complexity index is 710. The van der Waals surface area contributed by atoms with Crippen molar-refractivity contribution in [1.29, 1.82) is 0 Å². The normalized spacial score (nSPS) is 22.6. The maximum Gasteiger partial charge on any atom is 0.252 e. The largest absolute Gasteiger partial charge is 0.373 e. The highest BCUT2D eigenvalue weighted by Gasteiger charge is 2.41. The fraction of sp³-hybridized carbons (Fsp3) is 0.529. The molecule has 24 heavy (non-hydrogen) atoms. The van der Waals surface area contributed by atoms with Crippen LogP contribution in [-0.4, -0.2) is 44.8 Å². The molecule has 1 saturated heterocycles. The van der Waals surface area contributed by atoms with Gasteiger partial charge in [-0.3, -0.25) is 4.79 Å². The number of amides is 1. The number of carbonyl (C=O) groups is 1. The van der Waals surface area contributed by atoms with Gasteiger partial charge in [-0.1, -0.05) is 37.5 Å². The molecule has 1 spiro atoms. The SMILES string of the molecule is O=C(N[C@@H]1COC2(CCCCC2)C1)c1ccccc1-c1nn[nH]n1. The maximum atomic E-state index is 12.7. The molecule has 1 aromatic heterocycles. The number of ether oxygens (including phenoxy) is 1. The Morgan fingerprint density at radius 3 is 2.88 bits per heavy atom. The van der Waals surface area contributed by atoms with E-state index in [1.807, 2.05) is 18.2 Å². The molecule has 2 aliphatic rings. The lowest BCUT2D eigenvalue weighted by atomic mass is 9.82. The molecule has 2 heterocycles. The van der Waals surface area contributed by atoms with Crippen LogP contribution in [0, 0.1) is 0 Å². The molecule has 126 valence electrons. The highest BCUT2D eigenvalue weighted by Crippen LogP contribution is 2.39. The Balaban J connectivity index is 1.48. The number of carbonyl (C=O) groups excluding carboxylic acids is 1. The van der Waals surface area contributed by atoms with Crippen molar-refractivity contribution in [1.82, 2.24) is 25.9 Å². The molecule has 1 aliphatic heterocycles. The summed E-state index contributed by atoms with van der Waals surface area (Å²) in [5, 5.41) is 17.1. The number of tetrazole rings is 1. The van der Waals surface area contributed by atoms with E-state index in [1.54, 1.807) is 6.07 Å². The summed E-state index contributed by atoms with van der Waals surface area (Å²) in [5.41, 5.74) is 1.22. The number of aromatic amines is 1. The predicted octanol–water partition coefficient (Wildman–Crippen LogP) is 2.09. The molecule has 2 N–H and O–H groups in total. The average Bonchev–Trinajstić information content (AvgIpc) is 3.26. The van der Waals surface area contributed by atoms with E-state index in [9.17, 15) is 4.79 Å². The molecule has 7 nitrogen and oxygen atoms in total. The highest BCUT2D eigenvalue weighted by molar-refractivity contribution is 6.00. The van der Waals surface area contributed by atoms with Crippen LogP contribution < -0.4 is 5.32 Å². The monoisotopic (exact) mass is 327 g/mol. The van der Waals surface area contributed by atoms with Gasteiger partial charge >= 0.3 is 0 Å². The number of H-pyrrole nitrogens is 1. The van der Waals surface area contributed by atoms with Gasteiger partial charge in [0.1, 0.15) is 0 Å². The third-order valence-corrected chi connectivity index (χ3v) is 5.07.